The lowest BCUT2D eigenvalue weighted by atomic mass is 10.3. The summed E-state index contributed by atoms with van der Waals surface area (Å²) in [5.74, 6) is -0.155. The summed E-state index contributed by atoms with van der Waals surface area (Å²) in [5.41, 5.74) is 0. The summed E-state index contributed by atoms with van der Waals surface area (Å²) in [5, 5.41) is 10.1. The van der Waals surface area contributed by atoms with Crippen LogP contribution in [0.15, 0.2) is 29.9 Å². The summed E-state index contributed by atoms with van der Waals surface area (Å²) in [6.07, 6.45) is 1.88. The number of allylic oxidation sites excluding steroid dienone is 1. The number of ketones is 1. The molecule has 52 valence electrons. The monoisotopic (exact) mass is 154 g/mol. The van der Waals surface area contributed by atoms with E-state index in [1.807, 2.05) is 5.38 Å². The fraction of sp³-hybridized carbons (Fsp3) is 0. The number of hydrogen-bond donors (Lipinski definition) is 1. The molecule has 10 heavy (non-hydrogen) atoms. The topological polar surface area (TPSA) is 37.3 Å². The highest BCUT2D eigenvalue weighted by molar-refractivity contribution is 7.12. The molecule has 1 rings (SSSR count). The predicted molar refractivity (Wildman–Crippen MR) is 40.4 cm³/mol. The third-order valence-electron chi connectivity index (χ3n) is 0.990. The van der Waals surface area contributed by atoms with Crippen molar-refractivity contribution in [3.63, 3.8) is 0 Å². The lowest BCUT2D eigenvalue weighted by Crippen LogP contribution is -1.87. The second-order valence-electron chi connectivity index (χ2n) is 1.66. The van der Waals surface area contributed by atoms with Gasteiger partial charge in [0, 0.05) is 6.08 Å². The van der Waals surface area contributed by atoms with Gasteiger partial charge in [-0.3, -0.25) is 4.79 Å². The van der Waals surface area contributed by atoms with Gasteiger partial charge in [0.15, 0.2) is 5.78 Å². The van der Waals surface area contributed by atoms with Crippen LogP contribution in [0, 0.1) is 0 Å². The molecule has 1 aromatic rings. The van der Waals surface area contributed by atoms with Crippen LogP contribution in [0.4, 0.5) is 0 Å². The zero-order chi connectivity index (χ0) is 7.40. The minimum atomic E-state index is -0.155. The van der Waals surface area contributed by atoms with Crippen molar-refractivity contribution in [3.8, 4) is 0 Å². The van der Waals surface area contributed by atoms with Gasteiger partial charge in [0.2, 0.25) is 0 Å². The summed E-state index contributed by atoms with van der Waals surface area (Å²) in [7, 11) is 0. The van der Waals surface area contributed by atoms with Crippen molar-refractivity contribution in [2.75, 3.05) is 0 Å². The summed E-state index contributed by atoms with van der Waals surface area (Å²) >= 11 is 1.36. The smallest absolute Gasteiger partial charge is 0.198 e. The molecule has 3 heteroatoms. The van der Waals surface area contributed by atoms with Crippen molar-refractivity contribution >= 4 is 17.1 Å². The van der Waals surface area contributed by atoms with E-state index in [1.165, 1.54) is 11.3 Å². The maximum absolute atomic E-state index is 10.9. The summed E-state index contributed by atoms with van der Waals surface area (Å²) in [6.45, 7) is 0. The zero-order valence-electron chi connectivity index (χ0n) is 5.15. The number of rotatable bonds is 2. The van der Waals surface area contributed by atoms with Gasteiger partial charge in [-0.2, -0.15) is 0 Å². The highest BCUT2D eigenvalue weighted by Gasteiger charge is 1.99. The van der Waals surface area contributed by atoms with E-state index in [2.05, 4.69) is 0 Å². The number of carbonyl (C=O) groups excluding carboxylic acids is 1. The Labute approximate surface area is 62.4 Å². The molecule has 0 aromatic carbocycles. The average Bonchev–Trinajstić information content (AvgIpc) is 2.38. The molecule has 0 radical (unpaired) electrons. The van der Waals surface area contributed by atoms with Gasteiger partial charge in [-0.15, -0.1) is 11.3 Å². The molecule has 0 aliphatic heterocycles. The summed E-state index contributed by atoms with van der Waals surface area (Å²) in [6, 6.07) is 3.51. The van der Waals surface area contributed by atoms with Crippen molar-refractivity contribution in [2.45, 2.75) is 0 Å². The van der Waals surface area contributed by atoms with Crippen molar-refractivity contribution in [1.82, 2.24) is 0 Å². The Balaban J connectivity index is 2.78. The molecule has 2 nitrogen and oxygen atoms in total. The predicted octanol–water partition coefficient (Wildman–Crippen LogP) is 2.00. The van der Waals surface area contributed by atoms with Gasteiger partial charge in [-0.1, -0.05) is 6.07 Å². The maximum atomic E-state index is 10.9. The van der Waals surface area contributed by atoms with Crippen LogP contribution in [0.2, 0.25) is 0 Å². The van der Waals surface area contributed by atoms with Gasteiger partial charge in [0.1, 0.15) is 0 Å². The standard InChI is InChI=1S/C7H6O2S/c8-4-3-6(9)7-2-1-5-10-7/h1-5,8H. The Kier molecular flexibility index (Phi) is 2.23. The molecule has 0 atom stereocenters. The molecular weight excluding hydrogens is 148 g/mol. The number of carbonyl (C=O) groups is 1. The Morgan fingerprint density at radius 1 is 1.70 bits per heavy atom. The first-order chi connectivity index (χ1) is 4.84. The molecule has 0 amide bonds. The molecule has 0 fully saturated rings. The summed E-state index contributed by atoms with van der Waals surface area (Å²) < 4.78 is 0. The minimum absolute atomic E-state index is 0.155. The second kappa shape index (κ2) is 3.17. The van der Waals surface area contributed by atoms with Gasteiger partial charge < -0.3 is 5.11 Å². The van der Waals surface area contributed by atoms with Crippen LogP contribution in [-0.4, -0.2) is 10.9 Å². The molecule has 0 unspecified atom stereocenters. The number of aliphatic hydroxyl groups excluding tert-OH is 1. The van der Waals surface area contributed by atoms with Crippen LogP contribution in [0.25, 0.3) is 0 Å². The van der Waals surface area contributed by atoms with E-state index in [4.69, 9.17) is 5.11 Å². The molecule has 0 bridgehead atoms. The summed E-state index contributed by atoms with van der Waals surface area (Å²) in [4.78, 5) is 11.5. The van der Waals surface area contributed by atoms with Crippen LogP contribution in [0.1, 0.15) is 9.67 Å². The maximum Gasteiger partial charge on any atom is 0.198 e. The highest BCUT2D eigenvalue weighted by Crippen LogP contribution is 2.09. The van der Waals surface area contributed by atoms with Crippen molar-refractivity contribution in [1.29, 1.82) is 0 Å². The molecular formula is C7H6O2S. The Morgan fingerprint density at radius 3 is 3.00 bits per heavy atom. The average molecular weight is 154 g/mol. The van der Waals surface area contributed by atoms with Gasteiger partial charge in [0.05, 0.1) is 11.1 Å². The number of thiophene rings is 1. The van der Waals surface area contributed by atoms with E-state index in [-0.39, 0.29) is 5.78 Å². The molecule has 0 aliphatic carbocycles. The highest BCUT2D eigenvalue weighted by atomic mass is 32.1. The first-order valence-corrected chi connectivity index (χ1v) is 3.61. The number of hydrogen-bond acceptors (Lipinski definition) is 3. The van der Waals surface area contributed by atoms with Crippen LogP contribution in [0.3, 0.4) is 0 Å². The first kappa shape index (κ1) is 7.02. The van der Waals surface area contributed by atoms with Crippen molar-refractivity contribution < 1.29 is 9.90 Å². The van der Waals surface area contributed by atoms with Crippen LogP contribution in [-0.2, 0) is 0 Å². The van der Waals surface area contributed by atoms with Gasteiger partial charge in [-0.25, -0.2) is 0 Å². The van der Waals surface area contributed by atoms with Crippen molar-refractivity contribution in [2.24, 2.45) is 0 Å². The number of aliphatic hydroxyl groups is 1. The second-order valence-corrected chi connectivity index (χ2v) is 2.60. The van der Waals surface area contributed by atoms with Crippen LogP contribution in [0.5, 0.6) is 0 Å². The molecule has 1 aromatic heterocycles. The molecule has 0 saturated heterocycles. The molecule has 1 N–H and O–H groups in total. The van der Waals surface area contributed by atoms with Gasteiger partial charge in [-0.05, 0) is 11.4 Å². The van der Waals surface area contributed by atoms with Crippen molar-refractivity contribution in [3.05, 3.63) is 34.7 Å². The van der Waals surface area contributed by atoms with Crippen LogP contribution < -0.4 is 0 Å². The van der Waals surface area contributed by atoms with E-state index in [9.17, 15) is 4.79 Å². The van der Waals surface area contributed by atoms with E-state index >= 15 is 0 Å². The van der Waals surface area contributed by atoms with E-state index < -0.39 is 0 Å². The van der Waals surface area contributed by atoms with E-state index in [0.29, 0.717) is 4.88 Å². The fourth-order valence-electron chi connectivity index (χ4n) is 0.569. The van der Waals surface area contributed by atoms with Gasteiger partial charge >= 0.3 is 0 Å². The molecule has 0 spiro atoms. The zero-order valence-corrected chi connectivity index (χ0v) is 5.97. The quantitative estimate of drug-likeness (QED) is 0.402. The third-order valence-corrected chi connectivity index (χ3v) is 1.87. The first-order valence-electron chi connectivity index (χ1n) is 2.73. The minimum Gasteiger partial charge on any atom is -0.515 e. The fourth-order valence-corrected chi connectivity index (χ4v) is 1.21. The van der Waals surface area contributed by atoms with E-state index in [0.717, 1.165) is 12.3 Å². The lowest BCUT2D eigenvalue weighted by molar-refractivity contribution is 0.104. The van der Waals surface area contributed by atoms with Gasteiger partial charge in [0.25, 0.3) is 0 Å². The molecule has 0 saturated carbocycles. The van der Waals surface area contributed by atoms with E-state index in [1.54, 1.807) is 12.1 Å². The largest absolute Gasteiger partial charge is 0.515 e. The Morgan fingerprint density at radius 2 is 2.50 bits per heavy atom. The van der Waals surface area contributed by atoms with Crippen LogP contribution >= 0.6 is 11.3 Å². The Hall–Kier alpha value is -1.09. The third kappa shape index (κ3) is 1.45. The lowest BCUT2D eigenvalue weighted by Gasteiger charge is -1.83. The SMILES string of the molecule is O=C(C=CO)c1cccs1. The normalized spacial score (nSPS) is 10.4. The molecule has 1 heterocycles. The Bertz CT molecular complexity index is 236. The molecule has 0 aliphatic rings.